The van der Waals surface area contributed by atoms with Crippen molar-refractivity contribution in [3.63, 3.8) is 0 Å². The summed E-state index contributed by atoms with van der Waals surface area (Å²) in [5.41, 5.74) is 0.670. The molecule has 0 aromatic carbocycles. The van der Waals surface area contributed by atoms with Crippen LogP contribution in [-0.2, 0) is 0 Å². The number of aromatic carboxylic acids is 1. The van der Waals surface area contributed by atoms with Crippen molar-refractivity contribution in [1.29, 1.82) is 0 Å². The molecule has 0 radical (unpaired) electrons. The minimum absolute atomic E-state index is 0.0852. The summed E-state index contributed by atoms with van der Waals surface area (Å²) in [6.45, 7) is 3.47. The van der Waals surface area contributed by atoms with E-state index in [-0.39, 0.29) is 11.6 Å². The van der Waals surface area contributed by atoms with Crippen LogP contribution >= 0.6 is 0 Å². The molecule has 20 heavy (non-hydrogen) atoms. The Morgan fingerprint density at radius 2 is 2.15 bits per heavy atom. The zero-order chi connectivity index (χ0) is 13.9. The second-order valence-electron chi connectivity index (χ2n) is 4.90. The van der Waals surface area contributed by atoms with E-state index in [2.05, 4.69) is 9.88 Å². The van der Waals surface area contributed by atoms with Crippen molar-refractivity contribution in [3.05, 3.63) is 30.1 Å². The van der Waals surface area contributed by atoms with Crippen LogP contribution in [0.2, 0.25) is 0 Å². The molecular weight excluding hydrogens is 258 g/mol. The predicted octanol–water partition coefficient (Wildman–Crippen LogP) is 1.51. The lowest BCUT2D eigenvalue weighted by Gasteiger charge is -2.14. The molecule has 2 aromatic heterocycles. The molecule has 0 spiro atoms. The number of ether oxygens (including phenoxy) is 1. The molecule has 1 saturated heterocycles. The summed E-state index contributed by atoms with van der Waals surface area (Å²) in [6, 6.07) is 5.36. The molecule has 0 bridgehead atoms. The van der Waals surface area contributed by atoms with Crippen LogP contribution < -0.4 is 4.74 Å². The molecule has 106 valence electrons. The van der Waals surface area contributed by atoms with Gasteiger partial charge < -0.3 is 9.84 Å². The molecule has 1 fully saturated rings. The van der Waals surface area contributed by atoms with Crippen LogP contribution in [0.15, 0.2) is 24.4 Å². The highest BCUT2D eigenvalue weighted by Gasteiger charge is 2.20. The number of hydrogen-bond acceptors (Lipinski definition) is 4. The first-order valence-electron chi connectivity index (χ1n) is 6.81. The second-order valence-corrected chi connectivity index (χ2v) is 4.90. The number of hydrogen-bond donors (Lipinski definition) is 1. The lowest BCUT2D eigenvalue weighted by atomic mass is 10.4. The van der Waals surface area contributed by atoms with Gasteiger partial charge in [-0.25, -0.2) is 4.79 Å². The van der Waals surface area contributed by atoms with Crippen LogP contribution in [0.25, 0.3) is 5.65 Å². The molecule has 1 aliphatic heterocycles. The first-order valence-corrected chi connectivity index (χ1v) is 6.81. The normalized spacial score (nSPS) is 15.8. The zero-order valence-corrected chi connectivity index (χ0v) is 11.2. The molecule has 0 aliphatic carbocycles. The SMILES string of the molecule is O=C(O)c1c(OCCN2CCCC2)nc2ccccn12. The summed E-state index contributed by atoms with van der Waals surface area (Å²) < 4.78 is 7.13. The first kappa shape index (κ1) is 12.9. The van der Waals surface area contributed by atoms with E-state index in [1.807, 2.05) is 6.07 Å². The Kier molecular flexibility index (Phi) is 3.56. The van der Waals surface area contributed by atoms with E-state index in [1.54, 1.807) is 18.3 Å². The van der Waals surface area contributed by atoms with Crippen molar-refractivity contribution in [1.82, 2.24) is 14.3 Å². The van der Waals surface area contributed by atoms with Crippen LogP contribution in [0.1, 0.15) is 23.3 Å². The Hall–Kier alpha value is -2.08. The van der Waals surface area contributed by atoms with Crippen molar-refractivity contribution >= 4 is 11.6 Å². The van der Waals surface area contributed by atoms with Crippen LogP contribution in [0.4, 0.5) is 0 Å². The van der Waals surface area contributed by atoms with Crippen LogP contribution in [0, 0.1) is 0 Å². The number of carboxylic acid groups (broad SMARTS) is 1. The smallest absolute Gasteiger partial charge is 0.358 e. The van der Waals surface area contributed by atoms with E-state index in [0.29, 0.717) is 12.3 Å². The highest BCUT2D eigenvalue weighted by atomic mass is 16.5. The van der Waals surface area contributed by atoms with Gasteiger partial charge in [0.1, 0.15) is 12.3 Å². The van der Waals surface area contributed by atoms with Gasteiger partial charge in [0.05, 0.1) is 0 Å². The lowest BCUT2D eigenvalue weighted by Crippen LogP contribution is -2.25. The number of fused-ring (bicyclic) bond motifs is 1. The highest BCUT2D eigenvalue weighted by Crippen LogP contribution is 2.20. The molecule has 1 aliphatic rings. The van der Waals surface area contributed by atoms with Gasteiger partial charge in [-0.2, -0.15) is 4.98 Å². The van der Waals surface area contributed by atoms with E-state index in [9.17, 15) is 9.90 Å². The van der Waals surface area contributed by atoms with Crippen molar-refractivity contribution in [3.8, 4) is 5.88 Å². The fourth-order valence-corrected chi connectivity index (χ4v) is 2.55. The van der Waals surface area contributed by atoms with Crippen molar-refractivity contribution < 1.29 is 14.6 Å². The molecule has 2 aromatic rings. The van der Waals surface area contributed by atoms with Crippen LogP contribution in [-0.4, -0.2) is 51.6 Å². The third kappa shape index (κ3) is 2.46. The maximum absolute atomic E-state index is 11.4. The number of carboxylic acids is 1. The van der Waals surface area contributed by atoms with Gasteiger partial charge >= 0.3 is 5.97 Å². The molecule has 3 rings (SSSR count). The molecule has 6 heteroatoms. The van der Waals surface area contributed by atoms with E-state index in [1.165, 1.54) is 17.2 Å². The molecule has 0 saturated carbocycles. The van der Waals surface area contributed by atoms with Gasteiger partial charge in [-0.05, 0) is 38.1 Å². The Balaban J connectivity index is 1.76. The fraction of sp³-hybridized carbons (Fsp3) is 0.429. The number of aromatic nitrogens is 2. The minimum atomic E-state index is -1.03. The highest BCUT2D eigenvalue weighted by molar-refractivity contribution is 5.89. The average molecular weight is 275 g/mol. The number of rotatable bonds is 5. The average Bonchev–Trinajstić information content (AvgIpc) is 3.05. The van der Waals surface area contributed by atoms with Gasteiger partial charge in [0, 0.05) is 12.7 Å². The maximum Gasteiger partial charge on any atom is 0.358 e. The number of likely N-dealkylation sites (tertiary alicyclic amines) is 1. The fourth-order valence-electron chi connectivity index (χ4n) is 2.55. The van der Waals surface area contributed by atoms with Gasteiger partial charge in [-0.1, -0.05) is 6.07 Å². The number of nitrogens with zero attached hydrogens (tertiary/aromatic N) is 3. The third-order valence-electron chi connectivity index (χ3n) is 3.55. The minimum Gasteiger partial charge on any atom is -0.476 e. The van der Waals surface area contributed by atoms with Crippen molar-refractivity contribution in [2.75, 3.05) is 26.2 Å². The second kappa shape index (κ2) is 5.50. The summed E-state index contributed by atoms with van der Waals surface area (Å²) >= 11 is 0. The van der Waals surface area contributed by atoms with E-state index in [0.717, 1.165) is 19.6 Å². The number of imidazole rings is 1. The van der Waals surface area contributed by atoms with Gasteiger partial charge in [0.2, 0.25) is 5.88 Å². The molecule has 6 nitrogen and oxygen atoms in total. The summed E-state index contributed by atoms with van der Waals surface area (Å²) in [6.07, 6.45) is 4.14. The Morgan fingerprint density at radius 3 is 2.90 bits per heavy atom. The van der Waals surface area contributed by atoms with Crippen molar-refractivity contribution in [2.24, 2.45) is 0 Å². The monoisotopic (exact) mass is 275 g/mol. The summed E-state index contributed by atoms with van der Waals surface area (Å²) in [7, 11) is 0. The Labute approximate surface area is 116 Å². The standard InChI is InChI=1S/C14H17N3O3/c18-14(19)12-13(15-11-5-1-2-8-17(11)12)20-10-9-16-6-3-4-7-16/h1-2,5,8H,3-4,6-7,9-10H2,(H,18,19). The summed E-state index contributed by atoms with van der Waals surface area (Å²) in [4.78, 5) is 17.9. The topological polar surface area (TPSA) is 67.1 Å². The van der Waals surface area contributed by atoms with E-state index in [4.69, 9.17) is 4.74 Å². The van der Waals surface area contributed by atoms with Crippen molar-refractivity contribution in [2.45, 2.75) is 12.8 Å². The molecule has 1 N–H and O–H groups in total. The zero-order valence-electron chi connectivity index (χ0n) is 11.2. The maximum atomic E-state index is 11.4. The Morgan fingerprint density at radius 1 is 1.35 bits per heavy atom. The summed E-state index contributed by atoms with van der Waals surface area (Å²) in [5, 5.41) is 9.31. The molecular formula is C14H17N3O3. The number of pyridine rings is 1. The lowest BCUT2D eigenvalue weighted by molar-refractivity contribution is 0.0683. The van der Waals surface area contributed by atoms with E-state index < -0.39 is 5.97 Å². The number of carbonyl (C=O) groups is 1. The van der Waals surface area contributed by atoms with Gasteiger partial charge in [0.15, 0.2) is 5.69 Å². The quantitative estimate of drug-likeness (QED) is 0.896. The Bertz CT molecular complexity index is 617. The van der Waals surface area contributed by atoms with E-state index >= 15 is 0 Å². The van der Waals surface area contributed by atoms with Gasteiger partial charge in [0.25, 0.3) is 0 Å². The third-order valence-corrected chi connectivity index (χ3v) is 3.55. The largest absolute Gasteiger partial charge is 0.476 e. The summed E-state index contributed by atoms with van der Waals surface area (Å²) in [5.74, 6) is -0.831. The van der Waals surface area contributed by atoms with Crippen LogP contribution in [0.3, 0.4) is 0 Å². The molecule has 0 atom stereocenters. The van der Waals surface area contributed by atoms with Gasteiger partial charge in [-0.15, -0.1) is 0 Å². The first-order chi connectivity index (χ1) is 9.75. The molecule has 0 unspecified atom stereocenters. The molecule has 3 heterocycles. The van der Waals surface area contributed by atoms with Crippen LogP contribution in [0.5, 0.6) is 5.88 Å². The predicted molar refractivity (Wildman–Crippen MR) is 73.3 cm³/mol. The molecule has 0 amide bonds. The van der Waals surface area contributed by atoms with Gasteiger partial charge in [-0.3, -0.25) is 9.30 Å².